The molecule has 7 nitrogen and oxygen atoms in total. The number of rotatable bonds is 12. The average molecular weight is 653 g/mol. The average Bonchev–Trinajstić information content (AvgIpc) is 2.90. The molecule has 0 spiro atoms. The molecule has 1 atom stereocenters. The molecule has 42 heavy (non-hydrogen) atoms. The van der Waals surface area contributed by atoms with Crippen molar-refractivity contribution in [1.29, 1.82) is 0 Å². The molecule has 0 saturated heterocycles. The van der Waals surface area contributed by atoms with Crippen LogP contribution in [0.2, 0.25) is 15.1 Å². The van der Waals surface area contributed by atoms with Gasteiger partial charge in [-0.15, -0.1) is 0 Å². The van der Waals surface area contributed by atoms with Crippen LogP contribution in [0.25, 0.3) is 0 Å². The van der Waals surface area contributed by atoms with E-state index in [1.807, 2.05) is 51.1 Å². The van der Waals surface area contributed by atoms with Gasteiger partial charge in [0.1, 0.15) is 6.04 Å². The maximum atomic E-state index is 13.9. The van der Waals surface area contributed by atoms with Crippen LogP contribution in [0.4, 0.5) is 5.69 Å². The van der Waals surface area contributed by atoms with Gasteiger partial charge in [0.25, 0.3) is 0 Å². The number of amides is 2. The highest BCUT2D eigenvalue weighted by atomic mass is 35.5. The first-order valence-corrected chi connectivity index (χ1v) is 16.4. The molecule has 1 N–H and O–H groups in total. The summed E-state index contributed by atoms with van der Waals surface area (Å²) in [6.45, 7) is 5.83. The van der Waals surface area contributed by atoms with Crippen molar-refractivity contribution >= 4 is 62.3 Å². The Labute approximate surface area is 263 Å². The van der Waals surface area contributed by atoms with Gasteiger partial charge in [-0.1, -0.05) is 71.2 Å². The zero-order valence-corrected chi connectivity index (χ0v) is 27.2. The second-order valence-corrected chi connectivity index (χ2v) is 14.3. The first kappa shape index (κ1) is 33.7. The number of hydrogen-bond acceptors (Lipinski definition) is 4. The molecule has 3 aromatic rings. The van der Waals surface area contributed by atoms with Crippen molar-refractivity contribution in [3.8, 4) is 0 Å². The Balaban J connectivity index is 1.92. The lowest BCUT2D eigenvalue weighted by atomic mass is 10.00. The summed E-state index contributed by atoms with van der Waals surface area (Å²) in [5.74, 6) is -0.589. The zero-order chi connectivity index (χ0) is 31.1. The quantitative estimate of drug-likeness (QED) is 0.235. The van der Waals surface area contributed by atoms with Crippen LogP contribution in [0, 0.1) is 0 Å². The molecule has 3 rings (SSSR count). The minimum Gasteiger partial charge on any atom is -0.350 e. The molecule has 0 unspecified atom stereocenters. The first-order chi connectivity index (χ1) is 19.6. The smallest absolute Gasteiger partial charge is 0.243 e. The first-order valence-electron chi connectivity index (χ1n) is 13.5. The molecule has 3 aromatic carbocycles. The molecule has 0 aliphatic heterocycles. The minimum atomic E-state index is -3.62. The molecule has 0 bridgehead atoms. The fourth-order valence-electron chi connectivity index (χ4n) is 4.45. The van der Waals surface area contributed by atoms with Crippen molar-refractivity contribution in [2.24, 2.45) is 0 Å². The van der Waals surface area contributed by atoms with Gasteiger partial charge in [0, 0.05) is 36.5 Å². The number of nitrogens with one attached hydrogen (secondary N) is 1. The van der Waals surface area contributed by atoms with Crippen molar-refractivity contribution < 1.29 is 18.0 Å². The number of anilines is 1. The lowest BCUT2D eigenvalue weighted by Gasteiger charge is -2.34. The fourth-order valence-corrected chi connectivity index (χ4v) is 5.86. The molecule has 0 heterocycles. The summed E-state index contributed by atoms with van der Waals surface area (Å²) in [6, 6.07) is 20.2. The Hall–Kier alpha value is -2.78. The van der Waals surface area contributed by atoms with E-state index in [1.165, 1.54) is 4.31 Å². The van der Waals surface area contributed by atoms with Crippen molar-refractivity contribution in [2.45, 2.75) is 58.2 Å². The summed E-state index contributed by atoms with van der Waals surface area (Å²) in [4.78, 5) is 29.2. The number of carbonyl (C=O) groups excluding carboxylic acids is 2. The summed E-state index contributed by atoms with van der Waals surface area (Å²) >= 11 is 18.4. The molecule has 226 valence electrons. The number of carbonyl (C=O) groups is 2. The van der Waals surface area contributed by atoms with Crippen LogP contribution in [-0.4, -0.2) is 49.5 Å². The van der Waals surface area contributed by atoms with Gasteiger partial charge in [0.2, 0.25) is 21.8 Å². The third-order valence-electron chi connectivity index (χ3n) is 6.37. The standard InChI is InChI=1S/C31H36Cl3N3O4S/c1-31(2,3)35-30(39)28(20-22-9-6-5-7-10-22)36(21-23-12-17-26(33)27(34)19-23)29(38)11-8-18-37(42(4,40)41)25-15-13-24(32)14-16-25/h5-7,9-10,12-17,19,28H,8,11,18,20-21H2,1-4H3,(H,35,39)/t28-/m1/s1. The molecule has 0 aromatic heterocycles. The number of benzene rings is 3. The molecular weight excluding hydrogens is 617 g/mol. The Morgan fingerprint density at radius 1 is 0.881 bits per heavy atom. The topological polar surface area (TPSA) is 86.8 Å². The predicted molar refractivity (Wildman–Crippen MR) is 172 cm³/mol. The summed E-state index contributed by atoms with van der Waals surface area (Å²) < 4.78 is 26.4. The van der Waals surface area contributed by atoms with Crippen LogP contribution in [0.5, 0.6) is 0 Å². The third-order valence-corrected chi connectivity index (χ3v) is 8.56. The Morgan fingerprint density at radius 2 is 1.52 bits per heavy atom. The number of hydrogen-bond donors (Lipinski definition) is 1. The summed E-state index contributed by atoms with van der Waals surface area (Å²) in [6.07, 6.45) is 1.64. The van der Waals surface area contributed by atoms with E-state index in [4.69, 9.17) is 34.8 Å². The molecule has 0 aliphatic rings. The van der Waals surface area contributed by atoms with Gasteiger partial charge in [-0.2, -0.15) is 0 Å². The van der Waals surface area contributed by atoms with Gasteiger partial charge in [-0.3, -0.25) is 13.9 Å². The van der Waals surface area contributed by atoms with Crippen LogP contribution < -0.4 is 9.62 Å². The van der Waals surface area contributed by atoms with Crippen molar-refractivity contribution in [3.05, 3.63) is 99.0 Å². The molecule has 0 fully saturated rings. The number of halogens is 3. The van der Waals surface area contributed by atoms with Crippen LogP contribution in [-0.2, 0) is 32.6 Å². The van der Waals surface area contributed by atoms with E-state index in [0.717, 1.165) is 11.8 Å². The van der Waals surface area contributed by atoms with E-state index in [9.17, 15) is 18.0 Å². The summed E-state index contributed by atoms with van der Waals surface area (Å²) in [5, 5.41) is 4.23. The van der Waals surface area contributed by atoms with Gasteiger partial charge in [-0.25, -0.2) is 8.42 Å². The fraction of sp³-hybridized carbons (Fsp3) is 0.355. The van der Waals surface area contributed by atoms with Gasteiger partial charge < -0.3 is 10.2 Å². The van der Waals surface area contributed by atoms with Gasteiger partial charge in [-0.05, 0) is 74.7 Å². The van der Waals surface area contributed by atoms with E-state index >= 15 is 0 Å². The normalized spacial score (nSPS) is 12.5. The van der Waals surface area contributed by atoms with Crippen molar-refractivity contribution in [2.75, 3.05) is 17.1 Å². The van der Waals surface area contributed by atoms with Gasteiger partial charge in [0.05, 0.1) is 22.0 Å². The highest BCUT2D eigenvalue weighted by molar-refractivity contribution is 7.92. The zero-order valence-electron chi connectivity index (χ0n) is 24.1. The second kappa shape index (κ2) is 14.6. The second-order valence-electron chi connectivity index (χ2n) is 11.1. The summed E-state index contributed by atoms with van der Waals surface area (Å²) in [5.41, 5.74) is 1.52. The van der Waals surface area contributed by atoms with E-state index in [1.54, 1.807) is 47.4 Å². The summed E-state index contributed by atoms with van der Waals surface area (Å²) in [7, 11) is -3.62. The lowest BCUT2D eigenvalue weighted by molar-refractivity contribution is -0.142. The Kier molecular flexibility index (Phi) is 11.7. The molecular formula is C31H36Cl3N3O4S. The van der Waals surface area contributed by atoms with Crippen LogP contribution in [0.15, 0.2) is 72.8 Å². The molecule has 0 saturated carbocycles. The molecule has 0 radical (unpaired) electrons. The maximum absolute atomic E-state index is 13.9. The van der Waals surface area contributed by atoms with Crippen LogP contribution in [0.3, 0.4) is 0 Å². The SMILES string of the molecule is CC(C)(C)NC(=O)[C@@H](Cc1ccccc1)N(Cc1ccc(Cl)c(Cl)c1)C(=O)CCCN(c1ccc(Cl)cc1)S(C)(=O)=O. The molecule has 11 heteroatoms. The van der Waals surface area contributed by atoms with Crippen molar-refractivity contribution in [1.82, 2.24) is 10.2 Å². The number of nitrogens with zero attached hydrogens (tertiary/aromatic N) is 2. The van der Waals surface area contributed by atoms with Crippen LogP contribution in [0.1, 0.15) is 44.7 Å². The number of sulfonamides is 1. The van der Waals surface area contributed by atoms with E-state index in [2.05, 4.69) is 5.32 Å². The monoisotopic (exact) mass is 651 g/mol. The maximum Gasteiger partial charge on any atom is 0.243 e. The van der Waals surface area contributed by atoms with Gasteiger partial charge in [0.15, 0.2) is 0 Å². The Morgan fingerprint density at radius 3 is 2.10 bits per heavy atom. The molecule has 2 amide bonds. The van der Waals surface area contributed by atoms with Crippen molar-refractivity contribution in [3.63, 3.8) is 0 Å². The highest BCUT2D eigenvalue weighted by Gasteiger charge is 2.32. The van der Waals surface area contributed by atoms with E-state index in [0.29, 0.717) is 26.3 Å². The van der Waals surface area contributed by atoms with Crippen LogP contribution >= 0.6 is 34.8 Å². The van der Waals surface area contributed by atoms with Gasteiger partial charge >= 0.3 is 0 Å². The minimum absolute atomic E-state index is 0.00895. The largest absolute Gasteiger partial charge is 0.350 e. The van der Waals surface area contributed by atoms with E-state index in [-0.39, 0.29) is 44.2 Å². The lowest BCUT2D eigenvalue weighted by Crippen LogP contribution is -2.54. The molecule has 0 aliphatic carbocycles. The van der Waals surface area contributed by atoms with E-state index < -0.39 is 21.6 Å². The predicted octanol–water partition coefficient (Wildman–Crippen LogP) is 6.75. The Bertz CT molecular complexity index is 1480. The third kappa shape index (κ3) is 10.2. The highest BCUT2D eigenvalue weighted by Crippen LogP contribution is 2.25.